The van der Waals surface area contributed by atoms with Crippen LogP contribution in [0.4, 0.5) is 32.0 Å². The number of carbonyl (C=O) groups excluding carboxylic acids is 2. The summed E-state index contributed by atoms with van der Waals surface area (Å²) < 4.78 is 106. The predicted molar refractivity (Wildman–Crippen MR) is 123 cm³/mol. The van der Waals surface area contributed by atoms with Crippen molar-refractivity contribution in [2.75, 3.05) is 11.4 Å². The van der Waals surface area contributed by atoms with Crippen LogP contribution in [0.2, 0.25) is 0 Å². The third kappa shape index (κ3) is 5.03. The van der Waals surface area contributed by atoms with Crippen LogP contribution in [-0.2, 0) is 31.8 Å². The van der Waals surface area contributed by atoms with Gasteiger partial charge in [-0.05, 0) is 41.8 Å². The second-order valence-electron chi connectivity index (χ2n) is 8.78. The molecule has 0 aliphatic carbocycles. The van der Waals surface area contributed by atoms with E-state index in [-0.39, 0.29) is 34.7 Å². The molecule has 16 heteroatoms. The molecule has 1 heterocycles. The van der Waals surface area contributed by atoms with E-state index in [1.54, 1.807) is 0 Å². The second kappa shape index (κ2) is 9.98. The number of hydrogen-bond acceptors (Lipinski definition) is 6. The van der Waals surface area contributed by atoms with Crippen LogP contribution in [0, 0.1) is 0 Å². The van der Waals surface area contributed by atoms with Crippen molar-refractivity contribution in [3.05, 3.63) is 59.2 Å². The van der Waals surface area contributed by atoms with Crippen molar-refractivity contribution < 1.29 is 54.6 Å². The Morgan fingerprint density at radius 3 is 2.08 bits per heavy atom. The predicted octanol–water partition coefficient (Wildman–Crippen LogP) is 2.46. The zero-order valence-corrected chi connectivity index (χ0v) is 21.1. The highest BCUT2D eigenvalue weighted by atomic mass is 32.2. The van der Waals surface area contributed by atoms with E-state index in [1.165, 1.54) is 13.0 Å². The number of nitrogens with two attached hydrogens (primary N) is 1. The molecule has 0 aromatic heterocycles. The van der Waals surface area contributed by atoms with Crippen molar-refractivity contribution in [3.8, 4) is 0 Å². The number of alkyl halides is 6. The van der Waals surface area contributed by atoms with E-state index in [0.717, 1.165) is 24.1 Å². The lowest BCUT2D eigenvalue weighted by Crippen LogP contribution is -2.53. The molecule has 2 amide bonds. The van der Waals surface area contributed by atoms with Crippen LogP contribution < -0.4 is 10.0 Å². The van der Waals surface area contributed by atoms with E-state index in [4.69, 9.17) is 5.73 Å². The lowest BCUT2D eigenvalue weighted by atomic mass is 9.92. The molecule has 1 unspecified atom stereocenters. The second-order valence-corrected chi connectivity index (χ2v) is 10.8. The van der Waals surface area contributed by atoms with Gasteiger partial charge in [-0.3, -0.25) is 13.9 Å². The van der Waals surface area contributed by atoms with Gasteiger partial charge in [0.05, 0.1) is 10.6 Å². The molecule has 0 saturated carbocycles. The normalized spacial score (nSPS) is 17.1. The number of amides is 2. The first-order valence-corrected chi connectivity index (χ1v) is 12.6. The number of carbonyl (C=O) groups is 2. The van der Waals surface area contributed by atoms with E-state index >= 15 is 0 Å². The number of primary amides is 1. The number of rotatable bonds is 7. The summed E-state index contributed by atoms with van der Waals surface area (Å²) in [4.78, 5) is 25.2. The van der Waals surface area contributed by atoms with Gasteiger partial charge in [0, 0.05) is 19.2 Å². The Hall–Kier alpha value is -3.37. The first-order chi connectivity index (χ1) is 17.8. The fraction of sp³-hybridized carbons (Fsp3) is 0.391. The minimum absolute atomic E-state index is 0.0454. The van der Waals surface area contributed by atoms with Gasteiger partial charge < -0.3 is 20.8 Å². The Kier molecular flexibility index (Phi) is 7.73. The van der Waals surface area contributed by atoms with E-state index in [2.05, 4.69) is 0 Å². The monoisotopic (exact) mass is 583 g/mol. The molecular weight excluding hydrogens is 560 g/mol. The average Bonchev–Trinajstić information content (AvgIpc) is 3.24. The van der Waals surface area contributed by atoms with Crippen LogP contribution >= 0.6 is 0 Å². The topological polar surface area (TPSA) is 141 Å². The largest absolute Gasteiger partial charge is 0.430 e. The standard InChI is InChI=1S/C23H23F6N3O6S/c1-3-17(33)20(35)32-11-12-10-15(8-9-16(12)18(32)19(30)34)39(37,38)31(2)14-6-4-13(5-7-14)21(36,22(24,25)26)23(27,28)29/h4-10,17-18,33,36H,3,11H2,1-2H3,(H2,30,34)/t17-,18?/m1/s1. The highest BCUT2D eigenvalue weighted by Gasteiger charge is 2.71. The smallest absolute Gasteiger partial charge is 0.383 e. The molecule has 0 spiro atoms. The maximum Gasteiger partial charge on any atom is 0.430 e. The zero-order chi connectivity index (χ0) is 29.7. The summed E-state index contributed by atoms with van der Waals surface area (Å²) in [6.45, 7) is 1.28. The summed E-state index contributed by atoms with van der Waals surface area (Å²) in [6, 6.07) is 4.16. The fourth-order valence-electron chi connectivity index (χ4n) is 4.16. The number of aliphatic hydroxyl groups is 2. The SMILES string of the molecule is CC[C@@H](O)C(=O)N1Cc2cc(S(=O)(=O)N(C)c3ccc(C(O)(C(F)(F)F)C(F)(F)F)cc3)ccc2C1C(N)=O. The van der Waals surface area contributed by atoms with Crippen LogP contribution in [0.15, 0.2) is 47.4 Å². The third-order valence-corrected chi connectivity index (χ3v) is 8.19. The maximum absolute atomic E-state index is 13.2. The molecule has 1 aliphatic heterocycles. The Morgan fingerprint density at radius 2 is 1.62 bits per heavy atom. The maximum atomic E-state index is 13.2. The van der Waals surface area contributed by atoms with E-state index in [0.29, 0.717) is 28.6 Å². The van der Waals surface area contributed by atoms with Gasteiger partial charge in [-0.15, -0.1) is 0 Å². The highest BCUT2D eigenvalue weighted by molar-refractivity contribution is 7.92. The van der Waals surface area contributed by atoms with Gasteiger partial charge in [-0.1, -0.05) is 25.1 Å². The van der Waals surface area contributed by atoms with Gasteiger partial charge in [0.15, 0.2) is 0 Å². The molecule has 0 fully saturated rings. The van der Waals surface area contributed by atoms with Crippen LogP contribution in [0.5, 0.6) is 0 Å². The molecule has 3 rings (SSSR count). The number of sulfonamides is 1. The molecule has 2 aromatic rings. The van der Waals surface area contributed by atoms with Gasteiger partial charge in [-0.25, -0.2) is 8.42 Å². The molecule has 1 aliphatic rings. The highest BCUT2D eigenvalue weighted by Crippen LogP contribution is 2.50. The summed E-state index contributed by atoms with van der Waals surface area (Å²) >= 11 is 0. The van der Waals surface area contributed by atoms with Crippen LogP contribution in [0.25, 0.3) is 0 Å². The lowest BCUT2D eigenvalue weighted by Gasteiger charge is -2.33. The van der Waals surface area contributed by atoms with Gasteiger partial charge >= 0.3 is 12.4 Å². The van der Waals surface area contributed by atoms with Crippen LogP contribution in [0.1, 0.15) is 36.1 Å². The lowest BCUT2D eigenvalue weighted by molar-refractivity contribution is -0.376. The summed E-state index contributed by atoms with van der Waals surface area (Å²) in [7, 11) is -3.46. The van der Waals surface area contributed by atoms with Gasteiger partial charge in [-0.2, -0.15) is 26.3 Å². The Labute approximate surface area is 218 Å². The van der Waals surface area contributed by atoms with Crippen molar-refractivity contribution in [1.82, 2.24) is 4.90 Å². The molecule has 2 aromatic carbocycles. The minimum atomic E-state index is -6.11. The van der Waals surface area contributed by atoms with Crippen LogP contribution in [-0.4, -0.2) is 60.8 Å². The number of anilines is 1. The molecule has 214 valence electrons. The van der Waals surface area contributed by atoms with E-state index in [9.17, 15) is 54.6 Å². The molecule has 2 atom stereocenters. The first kappa shape index (κ1) is 30.2. The Morgan fingerprint density at radius 1 is 1.08 bits per heavy atom. The van der Waals surface area contributed by atoms with E-state index < -0.39 is 57.5 Å². The van der Waals surface area contributed by atoms with Crippen molar-refractivity contribution in [1.29, 1.82) is 0 Å². The average molecular weight is 584 g/mol. The Bertz CT molecular complexity index is 1360. The summed E-state index contributed by atoms with van der Waals surface area (Å²) in [5, 5.41) is 19.4. The molecule has 0 bridgehead atoms. The fourth-order valence-corrected chi connectivity index (χ4v) is 5.41. The number of nitrogens with zero attached hydrogens (tertiary/aromatic N) is 2. The summed E-state index contributed by atoms with van der Waals surface area (Å²) in [5.74, 6) is -1.72. The van der Waals surface area contributed by atoms with Gasteiger partial charge in [0.1, 0.15) is 12.1 Å². The number of aliphatic hydroxyl groups excluding tert-OH is 1. The molecule has 4 N–H and O–H groups in total. The summed E-state index contributed by atoms with van der Waals surface area (Å²) in [5.41, 5.74) is -1.20. The number of halogens is 6. The first-order valence-electron chi connectivity index (χ1n) is 11.1. The molecule has 0 radical (unpaired) electrons. The molecule has 0 saturated heterocycles. The third-order valence-electron chi connectivity index (χ3n) is 6.41. The number of benzene rings is 2. The van der Waals surface area contributed by atoms with Crippen molar-refractivity contribution >= 4 is 27.5 Å². The molecule has 39 heavy (non-hydrogen) atoms. The minimum Gasteiger partial charge on any atom is -0.383 e. The van der Waals surface area contributed by atoms with E-state index in [1.807, 2.05) is 0 Å². The van der Waals surface area contributed by atoms with Crippen molar-refractivity contribution in [2.45, 2.75) is 54.9 Å². The number of fused-ring (bicyclic) bond motifs is 1. The molecular formula is C23H23F6N3O6S. The van der Waals surface area contributed by atoms with Gasteiger partial charge in [0.25, 0.3) is 21.5 Å². The quantitative estimate of drug-likeness (QED) is 0.428. The van der Waals surface area contributed by atoms with Crippen LogP contribution in [0.3, 0.4) is 0 Å². The Balaban J connectivity index is 1.96. The molecule has 9 nitrogen and oxygen atoms in total. The van der Waals surface area contributed by atoms with Crippen molar-refractivity contribution in [3.63, 3.8) is 0 Å². The zero-order valence-electron chi connectivity index (χ0n) is 20.3. The van der Waals surface area contributed by atoms with Crippen molar-refractivity contribution in [2.24, 2.45) is 5.73 Å². The number of hydrogen-bond donors (Lipinski definition) is 3. The van der Waals surface area contributed by atoms with Gasteiger partial charge in [0.2, 0.25) is 5.91 Å². The summed E-state index contributed by atoms with van der Waals surface area (Å²) in [6.07, 6.45) is -13.6.